The number of carbonyl (C=O) groups excluding carboxylic acids is 2. The summed E-state index contributed by atoms with van der Waals surface area (Å²) in [6.07, 6.45) is 5.70. The van der Waals surface area contributed by atoms with Gasteiger partial charge in [-0.15, -0.1) is 11.3 Å². The molecule has 2 fully saturated rings. The summed E-state index contributed by atoms with van der Waals surface area (Å²) >= 11 is 1.36. The lowest BCUT2D eigenvalue weighted by molar-refractivity contribution is -0.0980. The number of pyridine rings is 1. The lowest BCUT2D eigenvalue weighted by atomic mass is 9.93. The summed E-state index contributed by atoms with van der Waals surface area (Å²) in [5.41, 5.74) is 14.6. The molecule has 3 heterocycles. The van der Waals surface area contributed by atoms with E-state index in [4.69, 9.17) is 20.2 Å². The molecular weight excluding hydrogens is 596 g/mol. The third-order valence-electron chi connectivity index (χ3n) is 8.29. The number of nitrogens with one attached hydrogen (secondary N) is 1. The lowest BCUT2D eigenvalue weighted by Crippen LogP contribution is -2.30. The van der Waals surface area contributed by atoms with Gasteiger partial charge in [-0.2, -0.15) is 0 Å². The summed E-state index contributed by atoms with van der Waals surface area (Å²) in [6.45, 7) is 5.04. The summed E-state index contributed by atoms with van der Waals surface area (Å²) in [7, 11) is 1.50. The smallest absolute Gasteiger partial charge is 0.251 e. The van der Waals surface area contributed by atoms with Crippen molar-refractivity contribution >= 4 is 46.0 Å². The van der Waals surface area contributed by atoms with Crippen molar-refractivity contribution in [3.63, 3.8) is 0 Å². The van der Waals surface area contributed by atoms with E-state index in [0.29, 0.717) is 29.3 Å². The maximum absolute atomic E-state index is 14.6. The predicted molar refractivity (Wildman–Crippen MR) is 175 cm³/mol. The largest absolute Gasteiger partial charge is 0.490 e. The molecule has 0 saturated heterocycles. The highest BCUT2D eigenvalue weighted by molar-refractivity contribution is 7.17. The van der Waals surface area contributed by atoms with Gasteiger partial charge in [-0.3, -0.25) is 9.79 Å². The topological polar surface area (TPSA) is 133 Å². The van der Waals surface area contributed by atoms with Crippen LogP contribution in [0.5, 0.6) is 5.75 Å². The second kappa shape index (κ2) is 13.8. The van der Waals surface area contributed by atoms with Crippen molar-refractivity contribution in [3.05, 3.63) is 75.8 Å². The number of carbonyl (C=O) groups is 2. The van der Waals surface area contributed by atoms with Crippen LogP contribution in [-0.2, 0) is 4.79 Å². The normalized spacial score (nSPS) is 17.5. The molecule has 3 aliphatic rings. The van der Waals surface area contributed by atoms with Gasteiger partial charge in [0.05, 0.1) is 23.0 Å². The highest BCUT2D eigenvalue weighted by atomic mass is 32.1. The summed E-state index contributed by atoms with van der Waals surface area (Å²) in [6, 6.07) is 10.2. The molecule has 5 N–H and O–H groups in total. The van der Waals surface area contributed by atoms with Gasteiger partial charge in [0.25, 0.3) is 5.91 Å². The number of aliphatic imine (C=N–C) groups is 1. The molecule has 0 bridgehead atoms. The van der Waals surface area contributed by atoms with Gasteiger partial charge in [-0.05, 0) is 62.9 Å². The van der Waals surface area contributed by atoms with Crippen LogP contribution in [0.2, 0.25) is 0 Å². The van der Waals surface area contributed by atoms with Crippen LogP contribution in [0.4, 0.5) is 14.5 Å². The quantitative estimate of drug-likeness (QED) is 0.156. The first-order valence-corrected chi connectivity index (χ1v) is 15.9. The van der Waals surface area contributed by atoms with Crippen molar-refractivity contribution in [2.45, 2.75) is 50.5 Å². The maximum atomic E-state index is 14.6. The first-order chi connectivity index (χ1) is 21.9. The van der Waals surface area contributed by atoms with Gasteiger partial charge >= 0.3 is 0 Å². The molecule has 7 rings (SSSR count). The van der Waals surface area contributed by atoms with Gasteiger partial charge < -0.3 is 26.3 Å². The molecule has 0 spiro atoms. The predicted octanol–water partition coefficient (Wildman–Crippen LogP) is 6.21. The van der Waals surface area contributed by atoms with E-state index in [2.05, 4.69) is 29.0 Å². The maximum Gasteiger partial charge on any atom is 0.251 e. The number of halogens is 2. The molecule has 2 aromatic carbocycles. The molecule has 1 aliphatic heterocycles. The first-order valence-electron chi connectivity index (χ1n) is 15.0. The molecule has 2 unspecified atom stereocenters. The summed E-state index contributed by atoms with van der Waals surface area (Å²) < 4.78 is 35.8. The Morgan fingerprint density at radius 2 is 1.93 bits per heavy atom. The van der Waals surface area contributed by atoms with E-state index in [1.54, 1.807) is 18.3 Å². The summed E-state index contributed by atoms with van der Waals surface area (Å²) in [5, 5.41) is 5.79. The molecule has 2 saturated carbocycles. The van der Waals surface area contributed by atoms with Crippen molar-refractivity contribution in [2.75, 3.05) is 25.9 Å². The number of rotatable bonds is 8. The monoisotopic (exact) mass is 633 g/mol. The molecule has 0 radical (unpaired) electrons. The average Bonchev–Trinajstić information content (AvgIpc) is 4.00. The molecular formula is C34H37F2N5O3S. The number of fused-ring (bicyclic) bond motifs is 2. The van der Waals surface area contributed by atoms with E-state index in [0.717, 1.165) is 59.3 Å². The zero-order valence-corrected chi connectivity index (χ0v) is 26.1. The highest BCUT2D eigenvalue weighted by Gasteiger charge is 2.36. The number of aromatic nitrogens is 1. The highest BCUT2D eigenvalue weighted by Crippen LogP contribution is 2.48. The second-order valence-electron chi connectivity index (χ2n) is 11.4. The Morgan fingerprint density at radius 1 is 1.18 bits per heavy atom. The van der Waals surface area contributed by atoms with Gasteiger partial charge in [0.1, 0.15) is 29.9 Å². The number of hydrogen-bond acceptors (Lipinski definition) is 8. The fourth-order valence-electron chi connectivity index (χ4n) is 5.57. The fourth-order valence-corrected chi connectivity index (χ4v) is 6.53. The fraction of sp³-hybridized carbons (Fsp3) is 0.353. The van der Waals surface area contributed by atoms with Gasteiger partial charge in [0.2, 0.25) is 0 Å². The van der Waals surface area contributed by atoms with Crippen molar-refractivity contribution in [1.29, 1.82) is 0 Å². The third-order valence-corrected chi connectivity index (χ3v) is 9.29. The second-order valence-corrected chi connectivity index (χ2v) is 12.3. The minimum absolute atomic E-state index is 0.00569. The van der Waals surface area contributed by atoms with Crippen molar-refractivity contribution in [1.82, 2.24) is 10.3 Å². The molecule has 2 aliphatic carbocycles. The number of benzene rings is 2. The third kappa shape index (κ3) is 6.74. The number of nitrogens with two attached hydrogens (primary N) is 2. The van der Waals surface area contributed by atoms with Crippen molar-refractivity contribution < 1.29 is 23.1 Å². The Bertz CT molecular complexity index is 1730. The first kappa shape index (κ1) is 32.2. The van der Waals surface area contributed by atoms with E-state index in [1.165, 1.54) is 30.5 Å². The number of anilines is 1. The van der Waals surface area contributed by atoms with Crippen LogP contribution in [0.15, 0.2) is 46.8 Å². The van der Waals surface area contributed by atoms with Crippen molar-refractivity contribution in [3.8, 4) is 17.0 Å². The number of ether oxygens (including phenoxy) is 1. The molecule has 2 atom stereocenters. The van der Waals surface area contributed by atoms with E-state index < -0.39 is 5.82 Å². The minimum Gasteiger partial charge on any atom is -0.490 e. The van der Waals surface area contributed by atoms with Gasteiger partial charge in [-0.1, -0.05) is 19.1 Å². The Labute approximate surface area is 264 Å². The summed E-state index contributed by atoms with van der Waals surface area (Å²) in [5.74, 6) is 0.0522. The Morgan fingerprint density at radius 3 is 2.64 bits per heavy atom. The molecule has 11 heteroatoms. The summed E-state index contributed by atoms with van der Waals surface area (Å²) in [4.78, 5) is 30.7. The standard InChI is InChI=1S/C32H30F2N4O2S.CH5N.CH2O/c1-16-14-40-30-22(16)11-27(38-29(30)24-15-41-31-21(24)3-2-4-25(31)33)23(17-5-6-17)13-37-32(39)18-9-19(12-36-20-7-8-20)28(35)26(34)10-18;2*1-2/h2-4,9-12,15-17,20,23H,5-8,13-14,35H2,1H3,(H,37,39);2H2,1H3;1H2. The van der Waals surface area contributed by atoms with Crippen LogP contribution in [0, 0.1) is 17.6 Å². The van der Waals surface area contributed by atoms with E-state index >= 15 is 0 Å². The number of amides is 1. The molecule has 4 aromatic rings. The number of nitrogen functional groups attached to an aromatic ring is 1. The Balaban J connectivity index is 0.000000963. The zero-order chi connectivity index (χ0) is 32.2. The molecule has 45 heavy (non-hydrogen) atoms. The van der Waals surface area contributed by atoms with E-state index in [-0.39, 0.29) is 40.9 Å². The van der Waals surface area contributed by atoms with Crippen LogP contribution < -0.4 is 21.5 Å². The van der Waals surface area contributed by atoms with Crippen molar-refractivity contribution in [2.24, 2.45) is 16.6 Å². The molecule has 1 amide bonds. The SMILES string of the molecule is C=O.CC1COc2c1cc(C(CNC(=O)c1cc(F)c(N)c(C=NC3CC3)c1)C1CC1)nc2-c1csc2c(F)cccc12.CN. The van der Waals surface area contributed by atoms with Gasteiger partial charge in [0.15, 0.2) is 0 Å². The number of hydrogen-bond donors (Lipinski definition) is 3. The zero-order valence-electron chi connectivity index (χ0n) is 25.3. The Hall–Kier alpha value is -4.22. The van der Waals surface area contributed by atoms with E-state index in [9.17, 15) is 13.6 Å². The van der Waals surface area contributed by atoms with E-state index in [1.807, 2.05) is 18.2 Å². The van der Waals surface area contributed by atoms with Crippen LogP contribution in [0.25, 0.3) is 21.3 Å². The minimum atomic E-state index is -0.632. The average molecular weight is 634 g/mol. The number of thiophene rings is 1. The van der Waals surface area contributed by atoms with Gasteiger partial charge in [-0.25, -0.2) is 13.8 Å². The molecule has 8 nitrogen and oxygen atoms in total. The van der Waals surface area contributed by atoms with Gasteiger partial charge in [0, 0.05) is 63.3 Å². The molecule has 2 aromatic heterocycles. The Kier molecular flexibility index (Phi) is 9.89. The van der Waals surface area contributed by atoms with Crippen LogP contribution in [0.1, 0.15) is 71.6 Å². The van der Waals surface area contributed by atoms with Crippen LogP contribution in [0.3, 0.4) is 0 Å². The molecule has 236 valence electrons. The lowest BCUT2D eigenvalue weighted by Gasteiger charge is -2.20. The number of nitrogens with zero attached hydrogens (tertiary/aromatic N) is 2. The van der Waals surface area contributed by atoms with Crippen LogP contribution in [-0.4, -0.2) is 50.1 Å². The van der Waals surface area contributed by atoms with Crippen LogP contribution >= 0.6 is 11.3 Å².